The maximum atomic E-state index is 13.6. The van der Waals surface area contributed by atoms with Crippen molar-refractivity contribution in [2.75, 3.05) is 13.6 Å². The molecule has 0 fully saturated rings. The second-order valence-electron chi connectivity index (χ2n) is 4.34. The third kappa shape index (κ3) is 3.71. The zero-order chi connectivity index (χ0) is 15.5. The Bertz CT molecular complexity index is 603. The molecule has 9 heteroatoms. The zero-order valence-corrected chi connectivity index (χ0v) is 11.8. The fourth-order valence-electron chi connectivity index (χ4n) is 1.46. The molecule has 0 spiro atoms. The van der Waals surface area contributed by atoms with Crippen molar-refractivity contribution in [1.29, 1.82) is 0 Å². The van der Waals surface area contributed by atoms with Crippen molar-refractivity contribution in [3.63, 3.8) is 0 Å². The molecule has 20 heavy (non-hydrogen) atoms. The monoisotopic (exact) mass is 306 g/mol. The Labute approximate surface area is 115 Å². The number of benzene rings is 1. The lowest BCUT2D eigenvalue weighted by Crippen LogP contribution is -2.30. The number of rotatable bonds is 6. The number of nitro groups is 1. The summed E-state index contributed by atoms with van der Waals surface area (Å²) in [4.78, 5) is 9.07. The van der Waals surface area contributed by atoms with Crippen molar-refractivity contribution >= 4 is 15.7 Å². The number of halogens is 1. The van der Waals surface area contributed by atoms with E-state index in [1.54, 1.807) is 0 Å². The summed E-state index contributed by atoms with van der Waals surface area (Å²) >= 11 is 0. The van der Waals surface area contributed by atoms with Crippen LogP contribution in [0.15, 0.2) is 23.1 Å². The largest absolute Gasteiger partial charge is 0.393 e. The Morgan fingerprint density at radius 3 is 2.60 bits per heavy atom. The van der Waals surface area contributed by atoms with Crippen molar-refractivity contribution < 1.29 is 22.8 Å². The van der Waals surface area contributed by atoms with Crippen molar-refractivity contribution in [2.45, 2.75) is 24.3 Å². The second-order valence-corrected chi connectivity index (χ2v) is 6.35. The minimum Gasteiger partial charge on any atom is -0.393 e. The topological polar surface area (TPSA) is 101 Å². The molecule has 1 N–H and O–H groups in total. The summed E-state index contributed by atoms with van der Waals surface area (Å²) < 4.78 is 38.7. The smallest absolute Gasteiger partial charge is 0.270 e. The van der Waals surface area contributed by atoms with E-state index in [2.05, 4.69) is 0 Å². The summed E-state index contributed by atoms with van der Waals surface area (Å²) in [6.07, 6.45) is -0.533. The first-order valence-corrected chi connectivity index (χ1v) is 7.18. The van der Waals surface area contributed by atoms with Crippen LogP contribution in [0.3, 0.4) is 0 Å². The number of aliphatic hydroxyl groups is 1. The van der Waals surface area contributed by atoms with Crippen LogP contribution >= 0.6 is 0 Å². The predicted octanol–water partition coefficient (Wildman–Crippen LogP) is 1.13. The van der Waals surface area contributed by atoms with E-state index in [0.717, 1.165) is 16.4 Å². The van der Waals surface area contributed by atoms with Gasteiger partial charge in [0.25, 0.3) is 5.69 Å². The third-order valence-electron chi connectivity index (χ3n) is 2.68. The van der Waals surface area contributed by atoms with Gasteiger partial charge in [-0.25, -0.2) is 17.1 Å². The van der Waals surface area contributed by atoms with Gasteiger partial charge in [0.15, 0.2) is 0 Å². The van der Waals surface area contributed by atoms with Crippen molar-refractivity contribution in [3.8, 4) is 0 Å². The Morgan fingerprint density at radius 2 is 2.10 bits per heavy atom. The van der Waals surface area contributed by atoms with Gasteiger partial charge < -0.3 is 5.11 Å². The van der Waals surface area contributed by atoms with Crippen LogP contribution < -0.4 is 0 Å². The molecule has 0 aliphatic carbocycles. The van der Waals surface area contributed by atoms with Gasteiger partial charge in [0.1, 0.15) is 10.7 Å². The molecule has 112 valence electrons. The molecule has 1 atom stereocenters. The van der Waals surface area contributed by atoms with Crippen molar-refractivity contribution in [3.05, 3.63) is 34.1 Å². The van der Waals surface area contributed by atoms with Gasteiger partial charge >= 0.3 is 0 Å². The highest BCUT2D eigenvalue weighted by molar-refractivity contribution is 7.89. The molecule has 1 aromatic carbocycles. The van der Waals surface area contributed by atoms with Crippen molar-refractivity contribution in [2.24, 2.45) is 0 Å². The zero-order valence-electron chi connectivity index (χ0n) is 11.0. The first-order valence-electron chi connectivity index (χ1n) is 5.74. The Kier molecular flexibility index (Phi) is 5.15. The average molecular weight is 306 g/mol. The number of nitro benzene ring substituents is 1. The fraction of sp³-hybridized carbons (Fsp3) is 0.455. The van der Waals surface area contributed by atoms with E-state index in [1.807, 2.05) is 0 Å². The predicted molar refractivity (Wildman–Crippen MR) is 69.2 cm³/mol. The first kappa shape index (κ1) is 16.5. The average Bonchev–Trinajstić information content (AvgIpc) is 2.35. The van der Waals surface area contributed by atoms with Crippen LogP contribution in [0, 0.1) is 15.9 Å². The molecule has 1 unspecified atom stereocenters. The standard InChI is InChI=1S/C11H15FN2O5S/c1-8(15)5-6-13(2)20(18,19)11-7-9(14(16)17)3-4-10(11)12/h3-4,7-8,15H,5-6H2,1-2H3. The molecule has 0 radical (unpaired) electrons. The molecule has 7 nitrogen and oxygen atoms in total. The second kappa shape index (κ2) is 6.25. The molecule has 1 aromatic rings. The molecule has 0 saturated carbocycles. The summed E-state index contributed by atoms with van der Waals surface area (Å²) in [6, 6.07) is 2.32. The van der Waals surface area contributed by atoms with Gasteiger partial charge in [0.2, 0.25) is 10.0 Å². The number of nitrogens with zero attached hydrogens (tertiary/aromatic N) is 2. The lowest BCUT2D eigenvalue weighted by atomic mass is 10.3. The minimum atomic E-state index is -4.18. The summed E-state index contributed by atoms with van der Waals surface area (Å²) in [7, 11) is -2.96. The van der Waals surface area contributed by atoms with E-state index in [-0.39, 0.29) is 13.0 Å². The number of sulfonamides is 1. The molecule has 0 aromatic heterocycles. The highest BCUT2D eigenvalue weighted by Crippen LogP contribution is 2.23. The van der Waals surface area contributed by atoms with E-state index >= 15 is 0 Å². The minimum absolute atomic E-state index is 0.0257. The Hall–Kier alpha value is -1.58. The van der Waals surface area contributed by atoms with Gasteiger partial charge in [-0.1, -0.05) is 0 Å². The summed E-state index contributed by atoms with van der Waals surface area (Å²) in [5.41, 5.74) is -0.506. The van der Waals surface area contributed by atoms with Crippen LogP contribution in [-0.2, 0) is 10.0 Å². The van der Waals surface area contributed by atoms with Crippen LogP contribution in [0.2, 0.25) is 0 Å². The Morgan fingerprint density at radius 1 is 1.50 bits per heavy atom. The molecule has 0 aliphatic rings. The van der Waals surface area contributed by atoms with Gasteiger partial charge in [0.05, 0.1) is 11.0 Å². The SMILES string of the molecule is CC(O)CCN(C)S(=O)(=O)c1cc([N+](=O)[O-])ccc1F. The maximum Gasteiger partial charge on any atom is 0.270 e. The van der Waals surface area contributed by atoms with E-state index in [0.29, 0.717) is 6.07 Å². The lowest BCUT2D eigenvalue weighted by molar-refractivity contribution is -0.385. The molecule has 0 amide bonds. The highest BCUT2D eigenvalue weighted by atomic mass is 32.2. The molecular weight excluding hydrogens is 291 g/mol. The van der Waals surface area contributed by atoms with E-state index in [4.69, 9.17) is 5.11 Å². The molecule has 0 aliphatic heterocycles. The van der Waals surface area contributed by atoms with Gasteiger partial charge in [-0.3, -0.25) is 10.1 Å². The normalized spacial score (nSPS) is 13.4. The number of aliphatic hydroxyl groups excluding tert-OH is 1. The summed E-state index contributed by atoms with van der Waals surface area (Å²) in [6.45, 7) is 1.47. The molecular formula is C11H15FN2O5S. The number of hydrogen-bond acceptors (Lipinski definition) is 5. The van der Waals surface area contributed by atoms with Gasteiger partial charge in [-0.2, -0.15) is 0 Å². The van der Waals surface area contributed by atoms with Crippen LogP contribution in [0.25, 0.3) is 0 Å². The quantitative estimate of drug-likeness (QED) is 0.627. The molecule has 1 rings (SSSR count). The fourth-order valence-corrected chi connectivity index (χ4v) is 2.73. The Balaban J connectivity index is 3.14. The first-order chi connectivity index (χ1) is 9.16. The van der Waals surface area contributed by atoms with Crippen LogP contribution in [0.5, 0.6) is 0 Å². The van der Waals surface area contributed by atoms with E-state index < -0.39 is 37.5 Å². The van der Waals surface area contributed by atoms with E-state index in [1.165, 1.54) is 14.0 Å². The van der Waals surface area contributed by atoms with Gasteiger partial charge in [0, 0.05) is 25.7 Å². The summed E-state index contributed by atoms with van der Waals surface area (Å²) in [5.74, 6) is -1.06. The summed E-state index contributed by atoms with van der Waals surface area (Å²) in [5, 5.41) is 19.7. The lowest BCUT2D eigenvalue weighted by Gasteiger charge is -2.18. The van der Waals surface area contributed by atoms with Crippen molar-refractivity contribution in [1.82, 2.24) is 4.31 Å². The van der Waals surface area contributed by atoms with Crippen LogP contribution in [0.1, 0.15) is 13.3 Å². The van der Waals surface area contributed by atoms with Crippen LogP contribution in [-0.4, -0.2) is 42.4 Å². The van der Waals surface area contributed by atoms with Gasteiger partial charge in [-0.15, -0.1) is 0 Å². The number of hydrogen-bond donors (Lipinski definition) is 1. The molecule has 0 bridgehead atoms. The van der Waals surface area contributed by atoms with E-state index in [9.17, 15) is 22.9 Å². The maximum absolute atomic E-state index is 13.6. The molecule has 0 heterocycles. The van der Waals surface area contributed by atoms with Crippen LogP contribution in [0.4, 0.5) is 10.1 Å². The third-order valence-corrected chi connectivity index (χ3v) is 4.55. The van der Waals surface area contributed by atoms with Gasteiger partial charge in [-0.05, 0) is 19.4 Å². The molecule has 0 saturated heterocycles. The number of non-ortho nitro benzene ring substituents is 1. The highest BCUT2D eigenvalue weighted by Gasteiger charge is 2.26.